The largest absolute Gasteiger partial charge is 0.490 e. The van der Waals surface area contributed by atoms with Gasteiger partial charge in [0.05, 0.1) is 6.10 Å². The van der Waals surface area contributed by atoms with Gasteiger partial charge in [0, 0.05) is 17.6 Å². The fourth-order valence-electron chi connectivity index (χ4n) is 3.03. The first-order chi connectivity index (χ1) is 9.85. The molecule has 0 heterocycles. The molecule has 2 rings (SSSR count). The van der Waals surface area contributed by atoms with Gasteiger partial charge >= 0.3 is 0 Å². The van der Waals surface area contributed by atoms with Crippen LogP contribution < -0.4 is 10.1 Å². The van der Waals surface area contributed by atoms with E-state index in [4.69, 9.17) is 4.74 Å². The van der Waals surface area contributed by atoms with Crippen molar-refractivity contribution in [3.63, 3.8) is 0 Å². The van der Waals surface area contributed by atoms with Crippen molar-refractivity contribution in [3.8, 4) is 5.75 Å². The van der Waals surface area contributed by atoms with Crippen LogP contribution in [0, 0.1) is 12.8 Å². The van der Waals surface area contributed by atoms with Crippen molar-refractivity contribution < 1.29 is 4.74 Å². The lowest BCUT2D eigenvalue weighted by molar-refractivity contribution is 0.127. The van der Waals surface area contributed by atoms with Gasteiger partial charge < -0.3 is 10.1 Å². The van der Waals surface area contributed by atoms with E-state index in [1.165, 1.54) is 36.8 Å². The Bertz CT molecular complexity index is 461. The summed E-state index contributed by atoms with van der Waals surface area (Å²) in [5.41, 5.74) is 2.66. The average Bonchev–Trinajstić information content (AvgIpc) is 2.39. The predicted molar refractivity (Wildman–Crippen MR) is 89.8 cm³/mol. The van der Waals surface area contributed by atoms with Crippen LogP contribution in [0.25, 0.3) is 0 Å². The fourth-order valence-corrected chi connectivity index (χ4v) is 3.03. The van der Waals surface area contributed by atoms with E-state index in [9.17, 15) is 0 Å². The Morgan fingerprint density at radius 3 is 2.67 bits per heavy atom. The number of hydrogen-bond acceptors (Lipinski definition) is 2. The van der Waals surface area contributed by atoms with Crippen LogP contribution in [0.3, 0.4) is 0 Å². The van der Waals surface area contributed by atoms with Crippen molar-refractivity contribution in [2.75, 3.05) is 0 Å². The van der Waals surface area contributed by atoms with Gasteiger partial charge in [-0.3, -0.25) is 0 Å². The molecule has 1 aromatic rings. The molecule has 0 saturated heterocycles. The first-order valence-electron chi connectivity index (χ1n) is 8.35. The van der Waals surface area contributed by atoms with Gasteiger partial charge in [0.15, 0.2) is 0 Å². The van der Waals surface area contributed by atoms with E-state index in [-0.39, 0.29) is 5.54 Å². The van der Waals surface area contributed by atoms with E-state index < -0.39 is 0 Å². The average molecular weight is 289 g/mol. The number of para-hydroxylation sites is 1. The van der Waals surface area contributed by atoms with Gasteiger partial charge in [0.2, 0.25) is 0 Å². The van der Waals surface area contributed by atoms with Crippen LogP contribution in [0.15, 0.2) is 18.2 Å². The molecule has 0 aliphatic heterocycles. The van der Waals surface area contributed by atoms with Crippen LogP contribution in [0.1, 0.15) is 64.5 Å². The Morgan fingerprint density at radius 2 is 2.00 bits per heavy atom. The van der Waals surface area contributed by atoms with E-state index in [1.54, 1.807) is 0 Å². The van der Waals surface area contributed by atoms with Gasteiger partial charge in [-0.1, -0.05) is 31.5 Å². The minimum atomic E-state index is 0.125. The summed E-state index contributed by atoms with van der Waals surface area (Å²) in [6, 6.07) is 6.47. The van der Waals surface area contributed by atoms with Crippen molar-refractivity contribution >= 4 is 0 Å². The maximum absolute atomic E-state index is 6.41. The standard InChI is InChI=1S/C19H31NO/c1-14-8-6-11-17(12-14)21-18-15(2)9-7-10-16(18)13-20-19(3,4)5/h7,9-10,14,17,20H,6,8,11-13H2,1-5H3. The van der Waals surface area contributed by atoms with Crippen molar-refractivity contribution in [1.29, 1.82) is 0 Å². The topological polar surface area (TPSA) is 21.3 Å². The smallest absolute Gasteiger partial charge is 0.127 e. The zero-order valence-electron chi connectivity index (χ0n) is 14.3. The van der Waals surface area contributed by atoms with E-state index in [0.717, 1.165) is 18.2 Å². The van der Waals surface area contributed by atoms with E-state index in [2.05, 4.69) is 58.1 Å². The minimum absolute atomic E-state index is 0.125. The summed E-state index contributed by atoms with van der Waals surface area (Å²) in [5.74, 6) is 1.90. The molecule has 118 valence electrons. The summed E-state index contributed by atoms with van der Waals surface area (Å²) in [7, 11) is 0. The zero-order chi connectivity index (χ0) is 15.5. The normalized spacial score (nSPS) is 23.1. The second kappa shape index (κ2) is 6.83. The second-order valence-corrected chi connectivity index (χ2v) is 7.68. The quantitative estimate of drug-likeness (QED) is 0.856. The molecule has 0 spiro atoms. The van der Waals surface area contributed by atoms with Gasteiger partial charge in [-0.05, 0) is 58.4 Å². The van der Waals surface area contributed by atoms with Gasteiger partial charge in [0.25, 0.3) is 0 Å². The Labute approximate surface area is 130 Å². The molecule has 1 aliphatic rings. The molecule has 1 fully saturated rings. The third-order valence-corrected chi connectivity index (χ3v) is 4.28. The molecule has 1 N–H and O–H groups in total. The van der Waals surface area contributed by atoms with Crippen molar-refractivity contribution in [2.24, 2.45) is 5.92 Å². The summed E-state index contributed by atoms with van der Waals surface area (Å²) in [5, 5.41) is 3.57. The minimum Gasteiger partial charge on any atom is -0.490 e. The van der Waals surface area contributed by atoms with Gasteiger partial charge in [-0.15, -0.1) is 0 Å². The van der Waals surface area contributed by atoms with Crippen molar-refractivity contribution in [3.05, 3.63) is 29.3 Å². The first kappa shape index (κ1) is 16.4. The third kappa shape index (κ3) is 5.03. The molecular formula is C19H31NO. The molecular weight excluding hydrogens is 258 g/mol. The summed E-state index contributed by atoms with van der Waals surface area (Å²) in [6.45, 7) is 12.0. The molecule has 1 saturated carbocycles. The summed E-state index contributed by atoms with van der Waals surface area (Å²) >= 11 is 0. The molecule has 0 bridgehead atoms. The van der Waals surface area contributed by atoms with Crippen LogP contribution in [0.5, 0.6) is 5.75 Å². The van der Waals surface area contributed by atoms with E-state index >= 15 is 0 Å². The number of ether oxygens (including phenoxy) is 1. The van der Waals surface area contributed by atoms with Crippen molar-refractivity contribution in [2.45, 2.75) is 78.5 Å². The lowest BCUT2D eigenvalue weighted by Gasteiger charge is -2.29. The Balaban J connectivity index is 2.10. The number of aryl methyl sites for hydroxylation is 1. The van der Waals surface area contributed by atoms with Crippen LogP contribution >= 0.6 is 0 Å². The fraction of sp³-hybridized carbons (Fsp3) is 0.684. The van der Waals surface area contributed by atoms with Crippen LogP contribution in [0.4, 0.5) is 0 Å². The Morgan fingerprint density at radius 1 is 1.24 bits per heavy atom. The molecule has 0 aromatic heterocycles. The molecule has 1 aromatic carbocycles. The van der Waals surface area contributed by atoms with Crippen LogP contribution in [-0.2, 0) is 6.54 Å². The highest BCUT2D eigenvalue weighted by Gasteiger charge is 2.22. The lowest BCUT2D eigenvalue weighted by Crippen LogP contribution is -2.35. The van der Waals surface area contributed by atoms with Gasteiger partial charge in [-0.2, -0.15) is 0 Å². The molecule has 0 amide bonds. The maximum atomic E-state index is 6.41. The highest BCUT2D eigenvalue weighted by atomic mass is 16.5. The summed E-state index contributed by atoms with van der Waals surface area (Å²) in [6.07, 6.45) is 5.44. The van der Waals surface area contributed by atoms with E-state index in [0.29, 0.717) is 6.10 Å². The summed E-state index contributed by atoms with van der Waals surface area (Å²) in [4.78, 5) is 0. The monoisotopic (exact) mass is 289 g/mol. The van der Waals surface area contributed by atoms with Crippen molar-refractivity contribution in [1.82, 2.24) is 5.32 Å². The molecule has 2 atom stereocenters. The van der Waals surface area contributed by atoms with Crippen LogP contribution in [-0.4, -0.2) is 11.6 Å². The maximum Gasteiger partial charge on any atom is 0.127 e. The molecule has 21 heavy (non-hydrogen) atoms. The van der Waals surface area contributed by atoms with E-state index in [1.807, 2.05) is 0 Å². The van der Waals surface area contributed by atoms with Gasteiger partial charge in [0.1, 0.15) is 5.75 Å². The number of hydrogen-bond donors (Lipinski definition) is 1. The van der Waals surface area contributed by atoms with Crippen LogP contribution in [0.2, 0.25) is 0 Å². The third-order valence-electron chi connectivity index (χ3n) is 4.28. The highest BCUT2D eigenvalue weighted by molar-refractivity contribution is 5.41. The molecule has 2 heteroatoms. The summed E-state index contributed by atoms with van der Waals surface area (Å²) < 4.78 is 6.41. The Kier molecular flexibility index (Phi) is 5.32. The lowest BCUT2D eigenvalue weighted by atomic mass is 9.88. The molecule has 0 radical (unpaired) electrons. The second-order valence-electron chi connectivity index (χ2n) is 7.68. The number of rotatable bonds is 4. The first-order valence-corrected chi connectivity index (χ1v) is 8.35. The number of nitrogens with one attached hydrogen (secondary N) is 1. The van der Waals surface area contributed by atoms with Gasteiger partial charge in [-0.25, -0.2) is 0 Å². The molecule has 2 unspecified atom stereocenters. The molecule has 2 nitrogen and oxygen atoms in total. The SMILES string of the molecule is Cc1cccc(CNC(C)(C)C)c1OC1CCCC(C)C1. The zero-order valence-corrected chi connectivity index (χ0v) is 14.3. The highest BCUT2D eigenvalue weighted by Crippen LogP contribution is 2.31. The number of benzene rings is 1. The Hall–Kier alpha value is -1.02. The molecule has 1 aliphatic carbocycles. The predicted octanol–water partition coefficient (Wildman–Crippen LogP) is 4.84.